The lowest BCUT2D eigenvalue weighted by atomic mass is 10.1. The Morgan fingerprint density at radius 3 is 2.09 bits per heavy atom. The summed E-state index contributed by atoms with van der Waals surface area (Å²) in [4.78, 5) is 0. The maximum atomic E-state index is 10.8. The number of rotatable bonds is 6. The predicted molar refractivity (Wildman–Crippen MR) is 100 cm³/mol. The molecule has 23 heavy (non-hydrogen) atoms. The number of aliphatic hydroxyl groups is 1. The molecular weight excluding hydrogens is 298 g/mol. The van der Waals surface area contributed by atoms with Crippen molar-refractivity contribution in [3.05, 3.63) is 60.7 Å². The molecule has 0 radical (unpaired) electrons. The molecule has 1 fully saturated rings. The Morgan fingerprint density at radius 2 is 1.61 bits per heavy atom. The van der Waals surface area contributed by atoms with Crippen molar-refractivity contribution in [1.29, 1.82) is 0 Å². The van der Waals surface area contributed by atoms with Crippen LogP contribution in [0.3, 0.4) is 0 Å². The molecule has 1 saturated heterocycles. The van der Waals surface area contributed by atoms with Crippen LogP contribution in [0.25, 0.3) is 0 Å². The average Bonchev–Trinajstić information content (AvgIpc) is 3.09. The molecule has 0 spiro atoms. The number of hydrogen-bond donors (Lipinski definition) is 2. The van der Waals surface area contributed by atoms with E-state index in [0.29, 0.717) is 6.04 Å². The zero-order valence-corrected chi connectivity index (χ0v) is 14.9. The Kier molecular flexibility index (Phi) is 5.31. The van der Waals surface area contributed by atoms with Gasteiger partial charge < -0.3 is 10.4 Å². The summed E-state index contributed by atoms with van der Waals surface area (Å²) in [5.74, 6) is 0. The van der Waals surface area contributed by atoms with Gasteiger partial charge >= 0.3 is 0 Å². The van der Waals surface area contributed by atoms with E-state index in [9.17, 15) is 5.11 Å². The molecule has 0 unspecified atom stereocenters. The van der Waals surface area contributed by atoms with Crippen molar-refractivity contribution in [1.82, 2.24) is 5.32 Å². The standard InChI is InChI=1S/C20H27NOSi/c1-23(19-10-4-2-5-11-19,20-12-6-3-7-13-20)16-18(22)15-17-9-8-14-21-17/h2-7,10-13,17-18,21-22H,8-9,14-16H2,1H3/t17-,18+/m0/s1. The van der Waals surface area contributed by atoms with Gasteiger partial charge in [0.25, 0.3) is 0 Å². The first-order valence-electron chi connectivity index (χ1n) is 8.71. The van der Waals surface area contributed by atoms with Crippen LogP contribution in [0.5, 0.6) is 0 Å². The molecule has 2 N–H and O–H groups in total. The Balaban J connectivity index is 1.83. The minimum absolute atomic E-state index is 0.234. The normalized spacial score (nSPS) is 19.7. The summed E-state index contributed by atoms with van der Waals surface area (Å²) in [6.45, 7) is 3.49. The van der Waals surface area contributed by atoms with E-state index in [1.54, 1.807) is 0 Å². The van der Waals surface area contributed by atoms with Crippen LogP contribution in [0.4, 0.5) is 0 Å². The third-order valence-electron chi connectivity index (χ3n) is 5.18. The lowest BCUT2D eigenvalue weighted by Crippen LogP contribution is -2.57. The first-order valence-corrected chi connectivity index (χ1v) is 11.4. The van der Waals surface area contributed by atoms with Gasteiger partial charge in [0.1, 0.15) is 8.07 Å². The highest BCUT2D eigenvalue weighted by molar-refractivity contribution is 7.01. The van der Waals surface area contributed by atoms with Crippen molar-refractivity contribution in [3.63, 3.8) is 0 Å². The van der Waals surface area contributed by atoms with E-state index in [0.717, 1.165) is 19.0 Å². The quantitative estimate of drug-likeness (QED) is 0.799. The van der Waals surface area contributed by atoms with Crippen LogP contribution in [0.1, 0.15) is 19.3 Å². The monoisotopic (exact) mass is 325 g/mol. The Labute approximate surface area is 140 Å². The molecule has 1 heterocycles. The van der Waals surface area contributed by atoms with Gasteiger partial charge in [-0.15, -0.1) is 0 Å². The molecule has 2 aromatic rings. The number of hydrogen-bond acceptors (Lipinski definition) is 2. The Bertz CT molecular complexity index is 556. The highest BCUT2D eigenvalue weighted by Gasteiger charge is 2.34. The largest absolute Gasteiger partial charge is 0.393 e. The zero-order valence-electron chi connectivity index (χ0n) is 13.9. The number of nitrogens with one attached hydrogen (secondary N) is 1. The van der Waals surface area contributed by atoms with Crippen LogP contribution >= 0.6 is 0 Å². The van der Waals surface area contributed by atoms with E-state index in [1.165, 1.54) is 23.2 Å². The average molecular weight is 326 g/mol. The molecule has 122 valence electrons. The fourth-order valence-corrected chi connectivity index (χ4v) is 7.63. The zero-order chi connectivity index (χ0) is 16.1. The molecule has 3 rings (SSSR count). The highest BCUT2D eigenvalue weighted by Crippen LogP contribution is 2.19. The molecule has 2 aromatic carbocycles. The van der Waals surface area contributed by atoms with Gasteiger partial charge in [0.2, 0.25) is 0 Å². The molecule has 2 nitrogen and oxygen atoms in total. The van der Waals surface area contributed by atoms with Crippen molar-refractivity contribution in [3.8, 4) is 0 Å². The SMILES string of the molecule is C[Si](C[C@H](O)C[C@@H]1CCCN1)(c1ccccc1)c1ccccc1. The third-order valence-corrected chi connectivity index (χ3v) is 9.69. The summed E-state index contributed by atoms with van der Waals surface area (Å²) in [5.41, 5.74) is 0. The van der Waals surface area contributed by atoms with Gasteiger partial charge in [-0.1, -0.05) is 77.6 Å². The minimum Gasteiger partial charge on any atom is -0.393 e. The van der Waals surface area contributed by atoms with Crippen LogP contribution < -0.4 is 15.7 Å². The number of benzene rings is 2. The number of aliphatic hydroxyl groups excluding tert-OH is 1. The summed E-state index contributed by atoms with van der Waals surface area (Å²) in [6, 6.07) is 22.9. The van der Waals surface area contributed by atoms with Crippen molar-refractivity contribution in [2.75, 3.05) is 6.54 Å². The van der Waals surface area contributed by atoms with Crippen molar-refractivity contribution in [2.45, 2.75) is 44.0 Å². The topological polar surface area (TPSA) is 32.3 Å². The van der Waals surface area contributed by atoms with E-state index >= 15 is 0 Å². The smallest absolute Gasteiger partial charge is 0.117 e. The van der Waals surface area contributed by atoms with Crippen molar-refractivity contribution < 1.29 is 5.11 Å². The lowest BCUT2D eigenvalue weighted by Gasteiger charge is -2.31. The van der Waals surface area contributed by atoms with E-state index in [-0.39, 0.29) is 6.10 Å². The van der Waals surface area contributed by atoms with Gasteiger partial charge in [-0.2, -0.15) is 0 Å². The maximum absolute atomic E-state index is 10.8. The fraction of sp³-hybridized carbons (Fsp3) is 0.400. The fourth-order valence-electron chi connectivity index (χ4n) is 3.86. The summed E-state index contributed by atoms with van der Waals surface area (Å²) in [6.07, 6.45) is 3.08. The van der Waals surface area contributed by atoms with Crippen molar-refractivity contribution in [2.24, 2.45) is 0 Å². The van der Waals surface area contributed by atoms with E-state index in [1.807, 2.05) is 0 Å². The summed E-state index contributed by atoms with van der Waals surface area (Å²) >= 11 is 0. The van der Waals surface area contributed by atoms with Gasteiger partial charge in [-0.25, -0.2) is 0 Å². The van der Waals surface area contributed by atoms with E-state index in [2.05, 4.69) is 72.5 Å². The molecule has 2 atom stereocenters. The maximum Gasteiger partial charge on any atom is 0.117 e. The molecule has 0 aliphatic carbocycles. The highest BCUT2D eigenvalue weighted by atomic mass is 28.3. The second-order valence-corrected chi connectivity index (χ2v) is 11.2. The molecule has 0 saturated carbocycles. The van der Waals surface area contributed by atoms with Crippen LogP contribution in [0.2, 0.25) is 12.6 Å². The van der Waals surface area contributed by atoms with Crippen LogP contribution in [-0.4, -0.2) is 31.9 Å². The van der Waals surface area contributed by atoms with Crippen LogP contribution in [0.15, 0.2) is 60.7 Å². The summed E-state index contributed by atoms with van der Waals surface area (Å²) < 4.78 is 0. The molecule has 0 bridgehead atoms. The molecule has 1 aliphatic rings. The Morgan fingerprint density at radius 1 is 1.04 bits per heavy atom. The molecule has 0 amide bonds. The molecule has 0 aromatic heterocycles. The summed E-state index contributed by atoms with van der Waals surface area (Å²) in [5, 5.41) is 17.1. The third kappa shape index (κ3) is 3.92. The van der Waals surface area contributed by atoms with E-state index < -0.39 is 8.07 Å². The van der Waals surface area contributed by atoms with Crippen LogP contribution in [0, 0.1) is 0 Å². The van der Waals surface area contributed by atoms with Gasteiger partial charge in [0, 0.05) is 6.04 Å². The lowest BCUT2D eigenvalue weighted by molar-refractivity contribution is 0.170. The molecule has 3 heteroatoms. The molecular formula is C20H27NOSi. The first-order chi connectivity index (χ1) is 11.2. The Hall–Kier alpha value is -1.42. The van der Waals surface area contributed by atoms with Crippen molar-refractivity contribution >= 4 is 18.4 Å². The van der Waals surface area contributed by atoms with Crippen LogP contribution in [-0.2, 0) is 0 Å². The van der Waals surface area contributed by atoms with Gasteiger partial charge in [-0.3, -0.25) is 0 Å². The predicted octanol–water partition coefficient (Wildman–Crippen LogP) is 2.38. The van der Waals surface area contributed by atoms with Gasteiger partial charge in [0.05, 0.1) is 6.10 Å². The first kappa shape index (κ1) is 16.4. The second kappa shape index (κ2) is 7.43. The molecule has 1 aliphatic heterocycles. The van der Waals surface area contributed by atoms with Gasteiger partial charge in [0.15, 0.2) is 0 Å². The second-order valence-electron chi connectivity index (χ2n) is 6.95. The van der Waals surface area contributed by atoms with Gasteiger partial charge in [-0.05, 0) is 31.9 Å². The summed E-state index contributed by atoms with van der Waals surface area (Å²) in [7, 11) is -1.91. The van der Waals surface area contributed by atoms with E-state index in [4.69, 9.17) is 0 Å². The minimum atomic E-state index is -1.91.